The van der Waals surface area contributed by atoms with E-state index in [4.69, 9.17) is 10.2 Å². The summed E-state index contributed by atoms with van der Waals surface area (Å²) in [5.74, 6) is -2.77. The van der Waals surface area contributed by atoms with Gasteiger partial charge in [0.1, 0.15) is 0 Å². The van der Waals surface area contributed by atoms with Crippen molar-refractivity contribution >= 4 is 18.0 Å². The van der Waals surface area contributed by atoms with E-state index in [-0.39, 0.29) is 5.48 Å². The molecule has 12 heavy (non-hydrogen) atoms. The van der Waals surface area contributed by atoms with Crippen molar-refractivity contribution < 1.29 is 30.1 Å². The van der Waals surface area contributed by atoms with Crippen LogP contribution in [0, 0.1) is 0 Å². The lowest BCUT2D eigenvalue weighted by molar-refractivity contribution is -0.144. The van der Waals surface area contributed by atoms with Crippen LogP contribution in [0.5, 0.6) is 0 Å². The number of aliphatic imine (C=N–C) groups is 1. The number of nitrogens with zero attached hydrogens (tertiary/aromatic N) is 1. The molecule has 0 fully saturated rings. The molecule has 0 saturated heterocycles. The third-order valence-electron chi connectivity index (χ3n) is 0.862. The summed E-state index contributed by atoms with van der Waals surface area (Å²) in [7, 11) is 0. The number of carbonyl (C=O) groups excluding carboxylic acids is 1. The van der Waals surface area contributed by atoms with E-state index in [0.29, 0.717) is 0 Å². The normalized spacial score (nSPS) is 10.3. The van der Waals surface area contributed by atoms with Crippen molar-refractivity contribution in [1.29, 1.82) is 0 Å². The van der Waals surface area contributed by atoms with Crippen LogP contribution in [0.25, 0.3) is 0 Å². The van der Waals surface area contributed by atoms with Gasteiger partial charge in [-0.1, -0.05) is 0 Å². The minimum absolute atomic E-state index is 0. The molecule has 4 N–H and O–H groups in total. The van der Waals surface area contributed by atoms with Crippen LogP contribution in [0.1, 0.15) is 6.42 Å². The molecule has 7 nitrogen and oxygen atoms in total. The zero-order valence-corrected chi connectivity index (χ0v) is 5.85. The quantitative estimate of drug-likeness (QED) is 0.394. The van der Waals surface area contributed by atoms with Crippen LogP contribution in [-0.4, -0.2) is 39.7 Å². The first-order valence-corrected chi connectivity index (χ1v) is 2.59. The van der Waals surface area contributed by atoms with Crippen LogP contribution in [0.4, 0.5) is 0 Å². The molecule has 7 heteroatoms. The van der Waals surface area contributed by atoms with Gasteiger partial charge >= 0.3 is 11.9 Å². The first-order valence-electron chi connectivity index (χ1n) is 2.59. The zero-order valence-electron chi connectivity index (χ0n) is 5.85. The fourth-order valence-electron chi connectivity index (χ4n) is 0.417. The van der Waals surface area contributed by atoms with Gasteiger partial charge in [-0.2, -0.15) is 4.99 Å². The molecule has 0 heterocycles. The van der Waals surface area contributed by atoms with Crippen molar-refractivity contribution in [3.8, 4) is 0 Å². The molecule has 0 bridgehead atoms. The predicted molar refractivity (Wildman–Crippen MR) is 35.4 cm³/mol. The van der Waals surface area contributed by atoms with Gasteiger partial charge in [0.05, 0.1) is 6.42 Å². The first kappa shape index (κ1) is 12.9. The summed E-state index contributed by atoms with van der Waals surface area (Å²) in [6.45, 7) is 0. The van der Waals surface area contributed by atoms with Gasteiger partial charge in [-0.15, -0.1) is 0 Å². The third kappa shape index (κ3) is 5.10. The van der Waals surface area contributed by atoms with Crippen LogP contribution >= 0.6 is 0 Å². The summed E-state index contributed by atoms with van der Waals surface area (Å²) in [6, 6.07) is -1.52. The third-order valence-corrected chi connectivity index (χ3v) is 0.862. The second kappa shape index (κ2) is 6.02. The van der Waals surface area contributed by atoms with Gasteiger partial charge in [0.25, 0.3) is 0 Å². The highest BCUT2D eigenvalue weighted by atomic mass is 16.4. The van der Waals surface area contributed by atoms with Crippen LogP contribution in [0.2, 0.25) is 0 Å². The highest BCUT2D eigenvalue weighted by molar-refractivity contribution is 5.81. The lowest BCUT2D eigenvalue weighted by Gasteiger charge is -1.98. The van der Waals surface area contributed by atoms with Gasteiger partial charge in [-0.3, -0.25) is 4.79 Å². The Morgan fingerprint density at radius 3 is 2.17 bits per heavy atom. The average Bonchev–Trinajstić information content (AvgIpc) is 1.86. The molecule has 0 rings (SSSR count). The zero-order chi connectivity index (χ0) is 8.85. The Bertz CT molecular complexity index is 216. The fourth-order valence-corrected chi connectivity index (χ4v) is 0.417. The Kier molecular flexibility index (Phi) is 6.48. The van der Waals surface area contributed by atoms with E-state index in [0.717, 1.165) is 6.08 Å². The Hall–Kier alpha value is -1.72. The second-order valence-corrected chi connectivity index (χ2v) is 1.67. The van der Waals surface area contributed by atoms with Gasteiger partial charge in [-0.05, 0) is 0 Å². The fraction of sp³-hybridized carbons (Fsp3) is 0.400. The van der Waals surface area contributed by atoms with Crippen LogP contribution < -0.4 is 0 Å². The first-order chi connectivity index (χ1) is 5.07. The van der Waals surface area contributed by atoms with Gasteiger partial charge in [0.2, 0.25) is 6.08 Å². The summed E-state index contributed by atoms with van der Waals surface area (Å²) in [5, 5.41) is 16.3. The molecule has 0 aliphatic carbocycles. The number of carbonyl (C=O) groups is 2. The molecule has 0 aromatic rings. The molecule has 0 aliphatic heterocycles. The largest absolute Gasteiger partial charge is 0.481 e. The highest BCUT2D eigenvalue weighted by Gasteiger charge is 2.19. The van der Waals surface area contributed by atoms with Crippen molar-refractivity contribution in [2.75, 3.05) is 0 Å². The van der Waals surface area contributed by atoms with Crippen molar-refractivity contribution in [3.05, 3.63) is 0 Å². The maximum atomic E-state index is 10.1. The van der Waals surface area contributed by atoms with E-state index in [1.165, 1.54) is 0 Å². The maximum Gasteiger partial charge on any atom is 0.329 e. The van der Waals surface area contributed by atoms with Crippen molar-refractivity contribution in [1.82, 2.24) is 0 Å². The number of rotatable bonds is 4. The Morgan fingerprint density at radius 1 is 1.42 bits per heavy atom. The number of carboxylic acid groups (broad SMARTS) is 2. The molecule has 68 valence electrons. The summed E-state index contributed by atoms with van der Waals surface area (Å²) >= 11 is 0. The molecule has 0 aliphatic rings. The molecule has 0 saturated carbocycles. The van der Waals surface area contributed by atoms with E-state index in [1.807, 2.05) is 0 Å². The number of hydrogen-bond donors (Lipinski definition) is 2. The van der Waals surface area contributed by atoms with Crippen molar-refractivity contribution in [2.45, 2.75) is 12.5 Å². The molecule has 0 aromatic carbocycles. The summed E-state index contributed by atoms with van der Waals surface area (Å²) in [6.07, 6.45) is 0.282. The van der Waals surface area contributed by atoms with E-state index >= 15 is 0 Å². The van der Waals surface area contributed by atoms with Gasteiger partial charge in [-0.25, -0.2) is 9.59 Å². The Morgan fingerprint density at radius 2 is 1.92 bits per heavy atom. The molecule has 1 atom stereocenters. The topological polar surface area (TPSA) is 136 Å². The van der Waals surface area contributed by atoms with E-state index in [1.54, 1.807) is 0 Å². The SMILES string of the molecule is O.O=C=NC(CC(=O)O)C(=O)O. The maximum absolute atomic E-state index is 10.1. The summed E-state index contributed by atoms with van der Waals surface area (Å²) in [5.41, 5.74) is 0. The van der Waals surface area contributed by atoms with E-state index in [9.17, 15) is 14.4 Å². The molecular formula is C5H7NO6. The summed E-state index contributed by atoms with van der Waals surface area (Å²) in [4.78, 5) is 32.4. The Labute approximate surface area is 66.6 Å². The molecule has 0 spiro atoms. The standard InChI is InChI=1S/C5H5NO5.H2O/c7-2-6-3(5(10)11)1-4(8)9;/h3H,1H2,(H,8,9)(H,10,11);1H2. The lowest BCUT2D eigenvalue weighted by Crippen LogP contribution is -2.21. The van der Waals surface area contributed by atoms with Crippen molar-refractivity contribution in [3.63, 3.8) is 0 Å². The number of carboxylic acids is 2. The summed E-state index contributed by atoms with van der Waals surface area (Å²) < 4.78 is 0. The van der Waals surface area contributed by atoms with Gasteiger partial charge in [0.15, 0.2) is 6.04 Å². The number of isocyanates is 1. The van der Waals surface area contributed by atoms with Gasteiger partial charge in [0, 0.05) is 0 Å². The number of aliphatic carboxylic acids is 2. The van der Waals surface area contributed by atoms with Crippen molar-refractivity contribution in [2.24, 2.45) is 4.99 Å². The minimum Gasteiger partial charge on any atom is -0.481 e. The van der Waals surface area contributed by atoms with Crippen LogP contribution in [-0.2, 0) is 14.4 Å². The minimum atomic E-state index is -1.52. The second-order valence-electron chi connectivity index (χ2n) is 1.67. The molecule has 0 aromatic heterocycles. The average molecular weight is 177 g/mol. The molecular weight excluding hydrogens is 170 g/mol. The smallest absolute Gasteiger partial charge is 0.329 e. The van der Waals surface area contributed by atoms with Crippen LogP contribution in [0.3, 0.4) is 0 Å². The number of hydrogen-bond acceptors (Lipinski definition) is 4. The lowest BCUT2D eigenvalue weighted by atomic mass is 10.2. The Balaban J connectivity index is 0. The molecule has 1 unspecified atom stereocenters. The highest BCUT2D eigenvalue weighted by Crippen LogP contribution is 1.96. The molecule has 0 radical (unpaired) electrons. The van der Waals surface area contributed by atoms with E-state index in [2.05, 4.69) is 4.99 Å². The monoisotopic (exact) mass is 177 g/mol. The van der Waals surface area contributed by atoms with Gasteiger partial charge < -0.3 is 15.7 Å². The van der Waals surface area contributed by atoms with Crippen LogP contribution in [0.15, 0.2) is 4.99 Å². The molecule has 0 amide bonds. The van der Waals surface area contributed by atoms with E-state index < -0.39 is 24.4 Å². The predicted octanol–water partition coefficient (Wildman–Crippen LogP) is -1.57.